The van der Waals surface area contributed by atoms with E-state index in [1.165, 1.54) is 0 Å². The van der Waals surface area contributed by atoms with E-state index in [-0.39, 0.29) is 5.56 Å². The lowest BCUT2D eigenvalue weighted by atomic mass is 10.0. The fraction of sp³-hybridized carbons (Fsp3) is 0.200. The molecular weight excluding hydrogens is 349 g/mol. The number of aliphatic hydroxyl groups excluding tert-OH is 1. The standard InChI is InChI=1S/C15H12BrF3O2/c1-2-21-9-3-4-10(11(16)7-9)15(20)8-5-12(17)14(19)13(18)6-8/h3-7,15,20H,2H2,1H3. The van der Waals surface area contributed by atoms with Crippen LogP contribution in [0.4, 0.5) is 13.2 Å². The number of ether oxygens (including phenoxy) is 1. The minimum Gasteiger partial charge on any atom is -0.494 e. The molecule has 0 bridgehead atoms. The molecule has 0 spiro atoms. The zero-order valence-electron chi connectivity index (χ0n) is 11.0. The van der Waals surface area contributed by atoms with Crippen LogP contribution in [0.3, 0.4) is 0 Å². The summed E-state index contributed by atoms with van der Waals surface area (Å²) in [4.78, 5) is 0. The van der Waals surface area contributed by atoms with Crippen molar-refractivity contribution in [3.63, 3.8) is 0 Å². The maximum atomic E-state index is 13.2. The first-order valence-corrected chi connectivity index (χ1v) is 6.98. The van der Waals surface area contributed by atoms with Crippen LogP contribution in [0.2, 0.25) is 0 Å². The van der Waals surface area contributed by atoms with Gasteiger partial charge >= 0.3 is 0 Å². The van der Waals surface area contributed by atoms with Crippen molar-refractivity contribution in [2.45, 2.75) is 13.0 Å². The van der Waals surface area contributed by atoms with Crippen molar-refractivity contribution in [3.8, 4) is 5.75 Å². The molecule has 1 N–H and O–H groups in total. The number of aliphatic hydroxyl groups is 1. The Morgan fingerprint density at radius 2 is 1.76 bits per heavy atom. The van der Waals surface area contributed by atoms with Gasteiger partial charge in [-0.2, -0.15) is 0 Å². The number of hydrogen-bond donors (Lipinski definition) is 1. The molecule has 2 aromatic rings. The van der Waals surface area contributed by atoms with Crippen LogP contribution in [0.5, 0.6) is 5.75 Å². The first-order valence-electron chi connectivity index (χ1n) is 6.18. The summed E-state index contributed by atoms with van der Waals surface area (Å²) in [6, 6.07) is 6.37. The Morgan fingerprint density at radius 1 is 1.14 bits per heavy atom. The monoisotopic (exact) mass is 360 g/mol. The smallest absolute Gasteiger partial charge is 0.194 e. The average molecular weight is 361 g/mol. The summed E-state index contributed by atoms with van der Waals surface area (Å²) in [6.45, 7) is 2.32. The van der Waals surface area contributed by atoms with Crippen molar-refractivity contribution < 1.29 is 23.0 Å². The molecule has 1 unspecified atom stereocenters. The summed E-state index contributed by atoms with van der Waals surface area (Å²) < 4.78 is 45.2. The second-order valence-electron chi connectivity index (χ2n) is 4.32. The van der Waals surface area contributed by atoms with Gasteiger partial charge in [0.1, 0.15) is 11.9 Å². The molecule has 0 amide bonds. The zero-order valence-corrected chi connectivity index (χ0v) is 12.6. The van der Waals surface area contributed by atoms with Gasteiger partial charge in [-0.1, -0.05) is 22.0 Å². The largest absolute Gasteiger partial charge is 0.494 e. The Kier molecular flexibility index (Phi) is 4.90. The van der Waals surface area contributed by atoms with Gasteiger partial charge < -0.3 is 9.84 Å². The van der Waals surface area contributed by atoms with Gasteiger partial charge in [-0.25, -0.2) is 13.2 Å². The van der Waals surface area contributed by atoms with E-state index < -0.39 is 23.6 Å². The first kappa shape index (κ1) is 15.9. The molecule has 0 fully saturated rings. The Morgan fingerprint density at radius 3 is 2.29 bits per heavy atom. The average Bonchev–Trinajstić information content (AvgIpc) is 2.44. The van der Waals surface area contributed by atoms with Gasteiger partial charge in [-0.05, 0) is 42.3 Å². The van der Waals surface area contributed by atoms with Crippen LogP contribution >= 0.6 is 15.9 Å². The molecule has 1 atom stereocenters. The SMILES string of the molecule is CCOc1ccc(C(O)c2cc(F)c(F)c(F)c2)c(Br)c1. The Labute approximate surface area is 128 Å². The van der Waals surface area contributed by atoms with Crippen LogP contribution in [0, 0.1) is 17.5 Å². The predicted octanol–water partition coefficient (Wildman–Crippen LogP) is 4.35. The quantitative estimate of drug-likeness (QED) is 0.821. The van der Waals surface area contributed by atoms with Crippen LogP contribution in [0.15, 0.2) is 34.8 Å². The van der Waals surface area contributed by atoms with Crippen LogP contribution < -0.4 is 4.74 Å². The molecule has 0 aliphatic rings. The van der Waals surface area contributed by atoms with E-state index in [2.05, 4.69) is 15.9 Å². The van der Waals surface area contributed by atoms with Crippen molar-refractivity contribution in [1.82, 2.24) is 0 Å². The molecule has 112 valence electrons. The van der Waals surface area contributed by atoms with Crippen LogP contribution in [-0.2, 0) is 0 Å². The van der Waals surface area contributed by atoms with Crippen molar-refractivity contribution in [3.05, 3.63) is 63.4 Å². The fourth-order valence-electron chi connectivity index (χ4n) is 1.90. The summed E-state index contributed by atoms with van der Waals surface area (Å²) in [7, 11) is 0. The summed E-state index contributed by atoms with van der Waals surface area (Å²) >= 11 is 3.26. The Hall–Kier alpha value is -1.53. The number of benzene rings is 2. The highest BCUT2D eigenvalue weighted by atomic mass is 79.9. The number of rotatable bonds is 4. The van der Waals surface area contributed by atoms with E-state index in [1.54, 1.807) is 18.2 Å². The second kappa shape index (κ2) is 6.49. The lowest BCUT2D eigenvalue weighted by molar-refractivity contribution is 0.217. The third-order valence-corrected chi connectivity index (χ3v) is 3.59. The lowest BCUT2D eigenvalue weighted by Gasteiger charge is -2.15. The topological polar surface area (TPSA) is 29.5 Å². The molecule has 0 radical (unpaired) electrons. The first-order chi connectivity index (χ1) is 9.93. The maximum absolute atomic E-state index is 13.2. The third-order valence-electron chi connectivity index (χ3n) is 2.90. The second-order valence-corrected chi connectivity index (χ2v) is 5.17. The van der Waals surface area contributed by atoms with E-state index in [4.69, 9.17) is 4.74 Å². The van der Waals surface area contributed by atoms with Crippen molar-refractivity contribution in [1.29, 1.82) is 0 Å². The van der Waals surface area contributed by atoms with Gasteiger partial charge in [0.25, 0.3) is 0 Å². The van der Waals surface area contributed by atoms with Crippen LogP contribution in [-0.4, -0.2) is 11.7 Å². The predicted molar refractivity (Wildman–Crippen MR) is 75.7 cm³/mol. The molecule has 21 heavy (non-hydrogen) atoms. The van der Waals surface area contributed by atoms with Gasteiger partial charge in [0.05, 0.1) is 6.61 Å². The molecule has 6 heteroatoms. The molecule has 0 heterocycles. The van der Waals surface area contributed by atoms with Gasteiger partial charge in [0.2, 0.25) is 0 Å². The fourth-order valence-corrected chi connectivity index (χ4v) is 2.47. The van der Waals surface area contributed by atoms with E-state index in [0.29, 0.717) is 22.4 Å². The number of halogens is 4. The van der Waals surface area contributed by atoms with Gasteiger partial charge in [0.15, 0.2) is 17.5 Å². The van der Waals surface area contributed by atoms with Crippen LogP contribution in [0.1, 0.15) is 24.2 Å². The molecule has 2 nitrogen and oxygen atoms in total. The normalized spacial score (nSPS) is 12.3. The molecule has 0 saturated carbocycles. The van der Waals surface area contributed by atoms with E-state index in [0.717, 1.165) is 12.1 Å². The highest BCUT2D eigenvalue weighted by Gasteiger charge is 2.19. The molecular formula is C15H12BrF3O2. The minimum absolute atomic E-state index is 0.0729. The molecule has 0 aliphatic heterocycles. The Balaban J connectivity index is 2.38. The minimum atomic E-state index is -1.56. The van der Waals surface area contributed by atoms with E-state index in [9.17, 15) is 18.3 Å². The Bertz CT molecular complexity index is 638. The van der Waals surface area contributed by atoms with Crippen molar-refractivity contribution >= 4 is 15.9 Å². The van der Waals surface area contributed by atoms with Gasteiger partial charge in [0, 0.05) is 4.47 Å². The highest BCUT2D eigenvalue weighted by molar-refractivity contribution is 9.10. The summed E-state index contributed by atoms with van der Waals surface area (Å²) in [5.41, 5.74) is 0.320. The maximum Gasteiger partial charge on any atom is 0.194 e. The van der Waals surface area contributed by atoms with Crippen molar-refractivity contribution in [2.75, 3.05) is 6.61 Å². The number of hydrogen-bond acceptors (Lipinski definition) is 2. The van der Waals surface area contributed by atoms with Crippen molar-refractivity contribution in [2.24, 2.45) is 0 Å². The summed E-state index contributed by atoms with van der Waals surface area (Å²) in [5, 5.41) is 10.2. The van der Waals surface area contributed by atoms with E-state index in [1.807, 2.05) is 6.92 Å². The third kappa shape index (κ3) is 3.39. The molecule has 0 aliphatic carbocycles. The summed E-state index contributed by atoms with van der Waals surface area (Å²) in [6.07, 6.45) is -1.29. The van der Waals surface area contributed by atoms with Crippen LogP contribution in [0.25, 0.3) is 0 Å². The lowest BCUT2D eigenvalue weighted by Crippen LogP contribution is -2.04. The molecule has 0 saturated heterocycles. The van der Waals surface area contributed by atoms with Gasteiger partial charge in [-0.15, -0.1) is 0 Å². The summed E-state index contributed by atoms with van der Waals surface area (Å²) in [5.74, 6) is -3.65. The zero-order chi connectivity index (χ0) is 15.6. The van der Waals surface area contributed by atoms with Gasteiger partial charge in [-0.3, -0.25) is 0 Å². The van der Waals surface area contributed by atoms with E-state index >= 15 is 0 Å². The molecule has 2 aromatic carbocycles. The molecule has 0 aromatic heterocycles. The highest BCUT2D eigenvalue weighted by Crippen LogP contribution is 2.32. The molecule has 2 rings (SSSR count).